The third kappa shape index (κ3) is 21.8. The second-order valence-corrected chi connectivity index (χ2v) is 14.5. The zero-order valence-corrected chi connectivity index (χ0v) is 31.3. The summed E-state index contributed by atoms with van der Waals surface area (Å²) in [6.07, 6.45) is 18.1. The minimum atomic E-state index is -5.01. The Morgan fingerprint density at radius 2 is 1.18 bits per heavy atom. The maximum absolute atomic E-state index is 12.7. The fourth-order valence-electron chi connectivity index (χ4n) is 5.49. The molecule has 13 heteroatoms. The van der Waals surface area contributed by atoms with Crippen LogP contribution in [0.3, 0.4) is 0 Å². The van der Waals surface area contributed by atoms with Crippen molar-refractivity contribution in [2.24, 2.45) is 0 Å². The predicted octanol–water partition coefficient (Wildman–Crippen LogP) is 5.97. The van der Waals surface area contributed by atoms with Crippen LogP contribution in [-0.4, -0.2) is 98.9 Å². The highest BCUT2D eigenvalue weighted by Gasteiger charge is 2.51. The zero-order valence-electron chi connectivity index (χ0n) is 30.4. The fourth-order valence-corrected chi connectivity index (χ4v) is 6.46. The number of carbonyl (C=O) groups is 1. The van der Waals surface area contributed by atoms with Crippen LogP contribution in [-0.2, 0) is 27.9 Å². The van der Waals surface area contributed by atoms with Gasteiger partial charge in [0.05, 0.1) is 13.2 Å². The second kappa shape index (κ2) is 29.1. The highest BCUT2D eigenvalue weighted by atomic mass is 31.2. The smallest absolute Gasteiger partial charge is 0.457 e. The first-order valence-electron chi connectivity index (χ1n) is 18.8. The van der Waals surface area contributed by atoms with E-state index in [0.717, 1.165) is 70.6 Å². The van der Waals surface area contributed by atoms with E-state index in [1.54, 1.807) is 0 Å². The molecule has 0 bridgehead atoms. The van der Waals surface area contributed by atoms with Gasteiger partial charge >= 0.3 is 13.8 Å². The molecule has 0 heterocycles. The SMILES string of the molecule is CC/C=C\C/C=C\C/C=C\CCCCCCCC(=O)OC(COCCCCCCCCCC)COP(=O)(O)OC1C(O)C(O)C(O)C(O)C1O. The molecule has 0 saturated heterocycles. The molecule has 0 aromatic rings. The van der Waals surface area contributed by atoms with Crippen LogP contribution in [0.15, 0.2) is 36.5 Å². The van der Waals surface area contributed by atoms with Gasteiger partial charge in [0.1, 0.15) is 42.7 Å². The molecule has 1 fully saturated rings. The van der Waals surface area contributed by atoms with Crippen molar-refractivity contribution < 1.29 is 58.3 Å². The van der Waals surface area contributed by atoms with Gasteiger partial charge in [-0.2, -0.15) is 0 Å². The van der Waals surface area contributed by atoms with Gasteiger partial charge in [-0.3, -0.25) is 13.8 Å². The summed E-state index contributed by atoms with van der Waals surface area (Å²) in [5.74, 6) is -0.498. The van der Waals surface area contributed by atoms with Crippen molar-refractivity contribution in [3.63, 3.8) is 0 Å². The lowest BCUT2D eigenvalue weighted by molar-refractivity contribution is -0.220. The molecule has 50 heavy (non-hydrogen) atoms. The van der Waals surface area contributed by atoms with Crippen molar-refractivity contribution in [1.82, 2.24) is 0 Å². The van der Waals surface area contributed by atoms with Crippen LogP contribution in [0.4, 0.5) is 0 Å². The number of phosphoric acid groups is 1. The van der Waals surface area contributed by atoms with Crippen LogP contribution in [0.2, 0.25) is 0 Å². The number of rotatable bonds is 30. The Morgan fingerprint density at radius 1 is 0.660 bits per heavy atom. The molecular weight excluding hydrogens is 667 g/mol. The summed E-state index contributed by atoms with van der Waals surface area (Å²) in [7, 11) is -5.01. The van der Waals surface area contributed by atoms with Crippen molar-refractivity contribution in [3.8, 4) is 0 Å². The number of carbonyl (C=O) groups excluding carboxylic acids is 1. The van der Waals surface area contributed by atoms with Gasteiger partial charge in [-0.15, -0.1) is 0 Å². The summed E-state index contributed by atoms with van der Waals surface area (Å²) in [5, 5.41) is 49.9. The number of hydrogen-bond donors (Lipinski definition) is 6. The van der Waals surface area contributed by atoms with Gasteiger partial charge in [-0.1, -0.05) is 115 Å². The standard InChI is InChI=1S/C37H67O12P/c1-3-5-7-9-11-13-14-15-16-17-18-19-20-22-24-26-31(38)48-30(28-46-27-25-23-21-12-10-8-6-4-2)29-47-50(44,45)49-37-35(42)33(40)32(39)34(41)36(37)43/h5,7,11,13,15-16,30,32-37,39-43H,3-4,6,8-10,12,14,17-29H2,1-2H3,(H,44,45)/b7-5-,13-11-,16-15-. The van der Waals surface area contributed by atoms with E-state index in [9.17, 15) is 39.8 Å². The van der Waals surface area contributed by atoms with E-state index >= 15 is 0 Å². The molecular formula is C37H67O12P. The molecule has 6 unspecified atom stereocenters. The summed E-state index contributed by atoms with van der Waals surface area (Å²) < 4.78 is 33.8. The van der Waals surface area contributed by atoms with E-state index in [0.29, 0.717) is 13.0 Å². The van der Waals surface area contributed by atoms with Crippen molar-refractivity contribution in [1.29, 1.82) is 0 Å². The van der Waals surface area contributed by atoms with Crippen molar-refractivity contribution >= 4 is 13.8 Å². The van der Waals surface area contributed by atoms with E-state index < -0.39 is 63.1 Å². The summed E-state index contributed by atoms with van der Waals surface area (Å²) >= 11 is 0. The molecule has 0 spiro atoms. The first-order valence-corrected chi connectivity index (χ1v) is 20.3. The number of unbranched alkanes of at least 4 members (excludes halogenated alkanes) is 12. The van der Waals surface area contributed by atoms with Crippen LogP contribution in [0, 0.1) is 0 Å². The average molecular weight is 735 g/mol. The first kappa shape index (κ1) is 46.6. The monoisotopic (exact) mass is 734 g/mol. The number of aliphatic hydroxyl groups excluding tert-OH is 5. The Morgan fingerprint density at radius 3 is 1.80 bits per heavy atom. The number of ether oxygens (including phenoxy) is 2. The fraction of sp³-hybridized carbons (Fsp3) is 0.811. The lowest BCUT2D eigenvalue weighted by Gasteiger charge is -2.41. The largest absolute Gasteiger partial charge is 0.472 e. The Balaban J connectivity index is 2.48. The van der Waals surface area contributed by atoms with Gasteiger partial charge in [0.15, 0.2) is 0 Å². The third-order valence-electron chi connectivity index (χ3n) is 8.53. The zero-order chi connectivity index (χ0) is 37.0. The predicted molar refractivity (Wildman–Crippen MR) is 193 cm³/mol. The molecule has 6 atom stereocenters. The topological polar surface area (TPSA) is 192 Å². The van der Waals surface area contributed by atoms with E-state index in [2.05, 4.69) is 50.3 Å². The minimum Gasteiger partial charge on any atom is -0.457 e. The van der Waals surface area contributed by atoms with Crippen molar-refractivity contribution in [3.05, 3.63) is 36.5 Å². The number of esters is 1. The Labute approximate surface area is 300 Å². The average Bonchev–Trinajstić information content (AvgIpc) is 3.09. The molecule has 1 saturated carbocycles. The second-order valence-electron chi connectivity index (χ2n) is 13.0. The minimum absolute atomic E-state index is 0.0836. The first-order chi connectivity index (χ1) is 24.0. The van der Waals surface area contributed by atoms with E-state index in [1.807, 2.05) is 0 Å². The molecule has 0 aromatic carbocycles. The van der Waals surface area contributed by atoms with Crippen LogP contribution in [0.5, 0.6) is 0 Å². The maximum Gasteiger partial charge on any atom is 0.472 e. The molecule has 1 rings (SSSR count). The summed E-state index contributed by atoms with van der Waals surface area (Å²) in [5.41, 5.74) is 0. The summed E-state index contributed by atoms with van der Waals surface area (Å²) in [6.45, 7) is 4.06. The molecule has 0 aromatic heterocycles. The molecule has 1 aliphatic carbocycles. The van der Waals surface area contributed by atoms with Gasteiger partial charge in [0, 0.05) is 13.0 Å². The van der Waals surface area contributed by atoms with Crippen LogP contribution in [0.25, 0.3) is 0 Å². The van der Waals surface area contributed by atoms with Gasteiger partial charge in [-0.25, -0.2) is 4.57 Å². The molecule has 0 amide bonds. The van der Waals surface area contributed by atoms with Crippen LogP contribution >= 0.6 is 7.82 Å². The molecule has 1 aliphatic rings. The lowest BCUT2D eigenvalue weighted by atomic mass is 9.85. The van der Waals surface area contributed by atoms with E-state index in [4.69, 9.17) is 18.5 Å². The van der Waals surface area contributed by atoms with Crippen molar-refractivity contribution in [2.45, 2.75) is 172 Å². The maximum atomic E-state index is 12.7. The molecule has 6 N–H and O–H groups in total. The number of allylic oxidation sites excluding steroid dienone is 6. The van der Waals surface area contributed by atoms with Gasteiger partial charge in [-0.05, 0) is 44.9 Å². The lowest BCUT2D eigenvalue weighted by Crippen LogP contribution is -2.64. The van der Waals surface area contributed by atoms with E-state index in [1.165, 1.54) is 32.1 Å². The van der Waals surface area contributed by atoms with Crippen LogP contribution < -0.4 is 0 Å². The Hall–Kier alpha value is -1.44. The normalized spacial score (nSPS) is 24.7. The van der Waals surface area contributed by atoms with Gasteiger partial charge < -0.3 is 39.9 Å². The number of hydrogen-bond acceptors (Lipinski definition) is 11. The van der Waals surface area contributed by atoms with Gasteiger partial charge in [0.2, 0.25) is 0 Å². The van der Waals surface area contributed by atoms with Gasteiger partial charge in [0.25, 0.3) is 0 Å². The quantitative estimate of drug-likeness (QED) is 0.0220. The number of phosphoric ester groups is 1. The highest BCUT2D eigenvalue weighted by Crippen LogP contribution is 2.47. The molecule has 292 valence electrons. The Kier molecular flexibility index (Phi) is 27.1. The summed E-state index contributed by atoms with van der Waals surface area (Å²) in [6, 6.07) is 0. The van der Waals surface area contributed by atoms with Crippen molar-refractivity contribution in [2.75, 3.05) is 19.8 Å². The third-order valence-corrected chi connectivity index (χ3v) is 9.51. The summed E-state index contributed by atoms with van der Waals surface area (Å²) in [4.78, 5) is 22.9. The van der Waals surface area contributed by atoms with E-state index in [-0.39, 0.29) is 13.0 Å². The van der Waals surface area contributed by atoms with Crippen LogP contribution in [0.1, 0.15) is 129 Å². The molecule has 0 radical (unpaired) electrons. The molecule has 0 aliphatic heterocycles. The Bertz CT molecular complexity index is 974. The number of aliphatic hydroxyl groups is 5. The molecule has 12 nitrogen and oxygen atoms in total. The highest BCUT2D eigenvalue weighted by molar-refractivity contribution is 7.47.